The van der Waals surface area contributed by atoms with Crippen LogP contribution in [-0.4, -0.2) is 30.8 Å². The van der Waals surface area contributed by atoms with Gasteiger partial charge in [-0.15, -0.1) is 0 Å². The molecule has 4 atom stereocenters. The molecule has 5 heteroatoms. The van der Waals surface area contributed by atoms with Crippen LogP contribution in [0, 0.1) is 5.41 Å². The third-order valence-corrected chi connectivity index (χ3v) is 8.19. The maximum Gasteiger partial charge on any atom is 0.343 e. The molecule has 2 saturated heterocycles. The number of carbonyl (C=O) groups is 2. The Morgan fingerprint density at radius 2 is 1.45 bits per heavy atom. The Bertz CT molecular complexity index is 1270. The lowest BCUT2D eigenvalue weighted by atomic mass is 9.47. The van der Waals surface area contributed by atoms with Crippen molar-refractivity contribution < 1.29 is 23.8 Å². The molecule has 2 aliphatic heterocycles. The first-order chi connectivity index (χ1) is 16.1. The fourth-order valence-corrected chi connectivity index (χ4v) is 6.91. The fourth-order valence-electron chi connectivity index (χ4n) is 6.91. The number of methoxy groups -OCH3 is 1. The third-order valence-electron chi connectivity index (χ3n) is 8.19. The van der Waals surface area contributed by atoms with Crippen molar-refractivity contribution in [2.45, 2.75) is 36.1 Å². The van der Waals surface area contributed by atoms with E-state index in [0.29, 0.717) is 6.42 Å². The number of hydrogen-bond donors (Lipinski definition) is 0. The number of ether oxygens (including phenoxy) is 3. The van der Waals surface area contributed by atoms with Crippen LogP contribution >= 0.6 is 0 Å². The molecule has 0 amide bonds. The van der Waals surface area contributed by atoms with Crippen molar-refractivity contribution in [3.05, 3.63) is 107 Å². The molecule has 2 bridgehead atoms. The van der Waals surface area contributed by atoms with E-state index in [1.807, 2.05) is 54.6 Å². The summed E-state index contributed by atoms with van der Waals surface area (Å²) in [7, 11) is 1.40. The van der Waals surface area contributed by atoms with Gasteiger partial charge in [0, 0.05) is 11.8 Å². The average molecular weight is 438 g/mol. The van der Waals surface area contributed by atoms with E-state index < -0.39 is 35.2 Å². The summed E-state index contributed by atoms with van der Waals surface area (Å²) in [6.45, 7) is 0. The van der Waals surface area contributed by atoms with Crippen LogP contribution in [-0.2, 0) is 23.8 Å². The number of hydrogen-bond acceptors (Lipinski definition) is 5. The minimum absolute atomic E-state index is 0.0238. The van der Waals surface area contributed by atoms with E-state index in [4.69, 9.17) is 14.2 Å². The average Bonchev–Trinajstić information content (AvgIpc) is 3.57. The van der Waals surface area contributed by atoms with E-state index in [0.717, 1.165) is 16.7 Å². The Morgan fingerprint density at radius 3 is 2.03 bits per heavy atom. The number of epoxide rings is 1. The van der Waals surface area contributed by atoms with Crippen LogP contribution in [0.1, 0.15) is 52.2 Å². The van der Waals surface area contributed by atoms with Gasteiger partial charge in [0.15, 0.2) is 6.10 Å². The minimum Gasteiger partial charge on any atom is -0.468 e. The van der Waals surface area contributed by atoms with E-state index in [2.05, 4.69) is 24.3 Å². The summed E-state index contributed by atoms with van der Waals surface area (Å²) >= 11 is 0. The maximum atomic E-state index is 13.8. The zero-order valence-electron chi connectivity index (χ0n) is 18.1. The lowest BCUT2D eigenvalue weighted by Gasteiger charge is -2.52. The first kappa shape index (κ1) is 19.1. The molecule has 2 fully saturated rings. The molecule has 0 unspecified atom stereocenters. The predicted octanol–water partition coefficient (Wildman–Crippen LogP) is 4.26. The van der Waals surface area contributed by atoms with E-state index in [-0.39, 0.29) is 11.8 Å². The van der Waals surface area contributed by atoms with Gasteiger partial charge in [-0.05, 0) is 34.2 Å². The minimum atomic E-state index is -1.36. The van der Waals surface area contributed by atoms with Gasteiger partial charge in [0.1, 0.15) is 11.5 Å². The van der Waals surface area contributed by atoms with Gasteiger partial charge in [-0.2, -0.15) is 0 Å². The Morgan fingerprint density at radius 1 is 0.879 bits per heavy atom. The zero-order chi connectivity index (χ0) is 22.4. The number of rotatable bonds is 3. The highest BCUT2D eigenvalue weighted by atomic mass is 16.7. The van der Waals surface area contributed by atoms with Gasteiger partial charge in [0.25, 0.3) is 0 Å². The van der Waals surface area contributed by atoms with Gasteiger partial charge in [-0.1, -0.05) is 78.9 Å². The van der Waals surface area contributed by atoms with Crippen LogP contribution in [0.4, 0.5) is 0 Å². The Hall–Kier alpha value is -3.44. The molecule has 3 aromatic carbocycles. The highest BCUT2D eigenvalue weighted by molar-refractivity contribution is 5.98. The first-order valence-electron chi connectivity index (χ1n) is 11.3. The van der Waals surface area contributed by atoms with Crippen molar-refractivity contribution in [2.75, 3.05) is 7.11 Å². The summed E-state index contributed by atoms with van der Waals surface area (Å²) in [5.74, 6) is -1.25. The lowest BCUT2D eigenvalue weighted by Crippen LogP contribution is -2.58. The summed E-state index contributed by atoms with van der Waals surface area (Å²) in [4.78, 5) is 27.4. The molecule has 8 rings (SSSR count). The van der Waals surface area contributed by atoms with E-state index in [1.165, 1.54) is 18.2 Å². The van der Waals surface area contributed by atoms with Crippen LogP contribution in [0.5, 0.6) is 0 Å². The molecule has 0 radical (unpaired) electrons. The lowest BCUT2D eigenvalue weighted by molar-refractivity contribution is -0.174. The molecule has 0 aromatic heterocycles. The van der Waals surface area contributed by atoms with Gasteiger partial charge >= 0.3 is 11.9 Å². The van der Waals surface area contributed by atoms with E-state index >= 15 is 0 Å². The van der Waals surface area contributed by atoms with Crippen LogP contribution in [0.15, 0.2) is 78.9 Å². The number of fused-ring (bicyclic) bond motifs is 3. The molecule has 0 N–H and O–H groups in total. The molecule has 3 aromatic rings. The number of benzene rings is 3. The van der Waals surface area contributed by atoms with Gasteiger partial charge in [0.2, 0.25) is 5.60 Å². The summed E-state index contributed by atoms with van der Waals surface area (Å²) < 4.78 is 17.6. The molecular formula is C28H22O5. The maximum absolute atomic E-state index is 13.8. The summed E-state index contributed by atoms with van der Waals surface area (Å²) in [6, 6.07) is 26.1. The van der Waals surface area contributed by atoms with Crippen molar-refractivity contribution in [3.63, 3.8) is 0 Å². The molecule has 5 aliphatic rings. The smallest absolute Gasteiger partial charge is 0.343 e. The van der Waals surface area contributed by atoms with Crippen molar-refractivity contribution in [1.29, 1.82) is 0 Å². The monoisotopic (exact) mass is 438 g/mol. The van der Waals surface area contributed by atoms with Crippen LogP contribution in [0.25, 0.3) is 0 Å². The second-order valence-electron chi connectivity index (χ2n) is 9.42. The normalized spacial score (nSPS) is 34.6. The van der Waals surface area contributed by atoms with Gasteiger partial charge in [-0.25, -0.2) is 4.79 Å². The van der Waals surface area contributed by atoms with Gasteiger partial charge < -0.3 is 14.2 Å². The summed E-state index contributed by atoms with van der Waals surface area (Å²) in [5, 5.41) is 0. The number of carbonyl (C=O) groups excluding carboxylic acids is 2. The topological polar surface area (TPSA) is 65.1 Å². The zero-order valence-corrected chi connectivity index (χ0v) is 18.1. The van der Waals surface area contributed by atoms with Crippen molar-refractivity contribution in [1.82, 2.24) is 0 Å². The van der Waals surface area contributed by atoms with Gasteiger partial charge in [-0.3, -0.25) is 4.79 Å². The molecule has 5 nitrogen and oxygen atoms in total. The highest BCUT2D eigenvalue weighted by Crippen LogP contribution is 2.73. The molecule has 0 spiro atoms. The highest BCUT2D eigenvalue weighted by Gasteiger charge is 2.86. The standard InChI is InChI=1S/C28H22O5/c1-31-25(29)27(28-24(33-28)23(32-26(28)30)16-9-3-2-4-10-16)15-21-17-11-5-7-13-19(17)22(27)20-14-8-6-12-18(20)21/h2-14,21-24H,15H2,1H3/t21?,22?,23-,24+,27+,28+/m1/s1. The predicted molar refractivity (Wildman–Crippen MR) is 119 cm³/mol. The quantitative estimate of drug-likeness (QED) is 0.452. The van der Waals surface area contributed by atoms with Gasteiger partial charge in [0.05, 0.1) is 7.11 Å². The van der Waals surface area contributed by atoms with Crippen molar-refractivity contribution in [3.8, 4) is 0 Å². The molecule has 3 aliphatic carbocycles. The summed E-state index contributed by atoms with van der Waals surface area (Å²) in [6.07, 6.45) is -0.609. The molecule has 33 heavy (non-hydrogen) atoms. The Kier molecular flexibility index (Phi) is 3.66. The third kappa shape index (κ3) is 2.12. The summed E-state index contributed by atoms with van der Waals surface area (Å²) in [5.41, 5.74) is 2.87. The Balaban J connectivity index is 1.46. The van der Waals surface area contributed by atoms with Crippen LogP contribution in [0.3, 0.4) is 0 Å². The number of esters is 2. The van der Waals surface area contributed by atoms with Crippen molar-refractivity contribution in [2.24, 2.45) is 5.41 Å². The largest absolute Gasteiger partial charge is 0.468 e. The SMILES string of the molecule is COC(=O)[C@]1([C@]23O[C@H]2[C@@H](c2ccccc2)OC3=O)CC2c3ccccc3C1c1ccccc12. The Labute approximate surface area is 191 Å². The first-order valence-corrected chi connectivity index (χ1v) is 11.3. The van der Waals surface area contributed by atoms with Crippen LogP contribution < -0.4 is 0 Å². The second-order valence-corrected chi connectivity index (χ2v) is 9.42. The van der Waals surface area contributed by atoms with E-state index in [1.54, 1.807) is 0 Å². The fraction of sp³-hybridized carbons (Fsp3) is 0.286. The molecule has 164 valence electrons. The van der Waals surface area contributed by atoms with E-state index in [9.17, 15) is 9.59 Å². The second kappa shape index (κ2) is 6.33. The molecule has 0 saturated carbocycles. The van der Waals surface area contributed by atoms with Crippen LogP contribution in [0.2, 0.25) is 0 Å². The van der Waals surface area contributed by atoms with Crippen molar-refractivity contribution >= 4 is 11.9 Å². The molecular weight excluding hydrogens is 416 g/mol. The number of cyclic esters (lactones) is 1. The molecule has 2 heterocycles.